The average molecular weight is 737 g/mol. The molecule has 286 valence electrons. The van der Waals surface area contributed by atoms with E-state index >= 15 is 0 Å². The summed E-state index contributed by atoms with van der Waals surface area (Å²) in [5, 5.41) is 11.3. The van der Waals surface area contributed by atoms with Gasteiger partial charge < -0.3 is 0 Å². The van der Waals surface area contributed by atoms with Crippen molar-refractivity contribution in [3.05, 3.63) is 166 Å². The third-order valence-electron chi connectivity index (χ3n) is 17.4. The Hall–Kier alpha value is -3.52. The van der Waals surface area contributed by atoms with Crippen molar-refractivity contribution in [3.8, 4) is 0 Å². The van der Waals surface area contributed by atoms with E-state index in [1.807, 2.05) is 0 Å². The van der Waals surface area contributed by atoms with E-state index in [1.54, 1.807) is 23.7 Å². The maximum atomic E-state index is 5.71. The van der Waals surface area contributed by atoms with Crippen LogP contribution in [0.3, 0.4) is 0 Å². The quantitative estimate of drug-likeness (QED) is 0.188. The third-order valence-corrected chi connectivity index (χ3v) is 17.4. The molecule has 0 aromatic heterocycles. The second kappa shape index (κ2) is 12.3. The normalized spacial score (nSPS) is 36.7. The molecule has 1 heterocycles. The van der Waals surface area contributed by atoms with Gasteiger partial charge in [-0.1, -0.05) is 170 Å². The Kier molecular flexibility index (Phi) is 7.79. The molecule has 6 fully saturated rings. The molecule has 0 N–H and O–H groups in total. The van der Waals surface area contributed by atoms with E-state index < -0.39 is 0 Å². The van der Waals surface area contributed by atoms with Gasteiger partial charge in [-0.3, -0.25) is 0 Å². The highest BCUT2D eigenvalue weighted by molar-refractivity contribution is 5.60. The average Bonchev–Trinajstić information content (AvgIpc) is 4.05. The van der Waals surface area contributed by atoms with Crippen molar-refractivity contribution in [2.45, 2.75) is 110 Å². The lowest BCUT2D eigenvalue weighted by Gasteiger charge is -2.43. The molecule has 6 saturated carbocycles. The van der Waals surface area contributed by atoms with Crippen molar-refractivity contribution < 1.29 is 0 Å². The minimum Gasteiger partial charge on any atom is -0.181 e. The van der Waals surface area contributed by atoms with Crippen LogP contribution in [0.15, 0.2) is 119 Å². The fraction of sp³-hybridized carbons (Fsp3) is 0.481. The molecular weight excluding hydrogens is 677 g/mol. The molecule has 2 bridgehead atoms. The van der Waals surface area contributed by atoms with Crippen molar-refractivity contribution in [2.24, 2.45) is 62.0 Å². The zero-order valence-electron chi connectivity index (χ0n) is 34.6. The first kappa shape index (κ1) is 35.6. The summed E-state index contributed by atoms with van der Waals surface area (Å²) in [6.45, 7) is 15.4. The first-order chi connectivity index (χ1) is 27.0. The second-order valence-electron chi connectivity index (χ2n) is 20.6. The van der Waals surface area contributed by atoms with Gasteiger partial charge in [-0.15, -0.1) is 0 Å². The number of benzene rings is 4. The van der Waals surface area contributed by atoms with E-state index in [2.05, 4.69) is 151 Å². The molecule has 7 aliphatic rings. The number of hydrogen-bond donors (Lipinski definition) is 0. The Labute approximate surface area is 337 Å². The van der Waals surface area contributed by atoms with E-state index in [4.69, 9.17) is 10.2 Å². The van der Waals surface area contributed by atoms with E-state index in [1.165, 1.54) is 91.2 Å². The fourth-order valence-corrected chi connectivity index (χ4v) is 15.8. The summed E-state index contributed by atoms with van der Waals surface area (Å²) in [6, 6.07) is 42.4. The minimum absolute atomic E-state index is 0.0379. The Balaban J connectivity index is 1.13. The van der Waals surface area contributed by atoms with Gasteiger partial charge in [-0.2, -0.15) is 10.2 Å². The van der Waals surface area contributed by atoms with Gasteiger partial charge in [0.25, 0.3) is 0 Å². The standard InChI is InChI=1S/C54H60N2/c1-50(2)46(34-19-10-7-11-20-34)40-25-16-27-42(40)48(50)36-31-37(49-43-28-17-26-41(43)47(51(49,3)4)35-21-12-8-13-22-35)33-39(32-36)54-45-30-18-29-44(45)53(55-56-54,52(54,5)6)38-23-14-9-15-24-38/h7-15,19-24,31-33,40-45H,16-18,25-30H2,1-6H3. The molecule has 0 spiro atoms. The molecule has 0 saturated heterocycles. The minimum atomic E-state index is -0.372. The number of rotatable bonds is 6. The van der Waals surface area contributed by atoms with Crippen LogP contribution in [0.4, 0.5) is 0 Å². The lowest BCUT2D eigenvalue weighted by atomic mass is 9.60. The molecule has 2 nitrogen and oxygen atoms in total. The molecule has 11 rings (SSSR count). The molecule has 6 aliphatic carbocycles. The molecular formula is C54H60N2. The molecule has 56 heavy (non-hydrogen) atoms. The summed E-state index contributed by atoms with van der Waals surface area (Å²) in [4.78, 5) is 0. The highest BCUT2D eigenvalue weighted by Gasteiger charge is 2.78. The van der Waals surface area contributed by atoms with E-state index in [-0.39, 0.29) is 27.3 Å². The van der Waals surface area contributed by atoms with Crippen LogP contribution < -0.4 is 0 Å². The van der Waals surface area contributed by atoms with Gasteiger partial charge in [0, 0.05) is 29.1 Å². The predicted molar refractivity (Wildman–Crippen MR) is 227 cm³/mol. The summed E-state index contributed by atoms with van der Waals surface area (Å²) in [5.41, 5.74) is 7.78. The van der Waals surface area contributed by atoms with Crippen LogP contribution in [0.5, 0.6) is 0 Å². The van der Waals surface area contributed by atoms with Gasteiger partial charge in [0.2, 0.25) is 0 Å². The molecule has 0 amide bonds. The predicted octanol–water partition coefficient (Wildman–Crippen LogP) is 13.7. The summed E-state index contributed by atoms with van der Waals surface area (Å²) < 4.78 is 0. The van der Waals surface area contributed by atoms with Crippen LogP contribution in [0.2, 0.25) is 0 Å². The maximum absolute atomic E-state index is 5.71. The summed E-state index contributed by atoms with van der Waals surface area (Å²) >= 11 is 0. The van der Waals surface area contributed by atoms with Crippen LogP contribution in [-0.2, 0) is 11.1 Å². The zero-order valence-corrected chi connectivity index (χ0v) is 34.6. The van der Waals surface area contributed by atoms with Gasteiger partial charge >= 0.3 is 0 Å². The first-order valence-corrected chi connectivity index (χ1v) is 22.3. The van der Waals surface area contributed by atoms with E-state index in [9.17, 15) is 0 Å². The lowest BCUT2D eigenvalue weighted by Crippen LogP contribution is -2.44. The van der Waals surface area contributed by atoms with Gasteiger partial charge in [0.1, 0.15) is 11.1 Å². The molecule has 4 aromatic rings. The molecule has 1 aliphatic heterocycles. The molecule has 2 heteroatoms. The molecule has 8 atom stereocenters. The van der Waals surface area contributed by atoms with Crippen LogP contribution in [-0.4, -0.2) is 0 Å². The van der Waals surface area contributed by atoms with Crippen molar-refractivity contribution in [2.75, 3.05) is 0 Å². The van der Waals surface area contributed by atoms with Gasteiger partial charge in [0.15, 0.2) is 0 Å². The Morgan fingerprint density at radius 3 is 1.18 bits per heavy atom. The van der Waals surface area contributed by atoms with Crippen LogP contribution >= 0.6 is 0 Å². The molecule has 8 unspecified atom stereocenters. The van der Waals surface area contributed by atoms with Crippen LogP contribution in [0.25, 0.3) is 0 Å². The third kappa shape index (κ3) is 4.41. The monoisotopic (exact) mass is 736 g/mol. The number of hydrogen-bond acceptors (Lipinski definition) is 2. The topological polar surface area (TPSA) is 24.7 Å². The van der Waals surface area contributed by atoms with Crippen molar-refractivity contribution in [3.63, 3.8) is 0 Å². The fourth-order valence-electron chi connectivity index (χ4n) is 15.8. The molecule has 4 radical (unpaired) electrons. The van der Waals surface area contributed by atoms with Crippen LogP contribution in [0, 0.1) is 75.4 Å². The molecule has 4 aromatic carbocycles. The lowest BCUT2D eigenvalue weighted by molar-refractivity contribution is 0.140. The maximum Gasteiger partial charge on any atom is 0.117 e. The SMILES string of the molecule is CC1(C)[C](c2ccccc2)C2CCCC2[C]1c1cc([C]2C3CCCC3[C](c3ccccc3)C2(C)C)cc(C23N=NC(c4ccccc4)(C4CCCC42)C3(C)C)c1. The summed E-state index contributed by atoms with van der Waals surface area (Å²) in [7, 11) is 0. The Bertz CT molecular complexity index is 2050. The Morgan fingerprint density at radius 1 is 0.393 bits per heavy atom. The zero-order chi connectivity index (χ0) is 38.2. The largest absolute Gasteiger partial charge is 0.181 e. The van der Waals surface area contributed by atoms with E-state index in [0.29, 0.717) is 35.5 Å². The van der Waals surface area contributed by atoms with Crippen molar-refractivity contribution in [1.29, 1.82) is 0 Å². The number of fused-ring (bicyclic) bond motifs is 7. The van der Waals surface area contributed by atoms with E-state index in [0.717, 1.165) is 0 Å². The first-order valence-electron chi connectivity index (χ1n) is 22.3. The second-order valence-corrected chi connectivity index (χ2v) is 20.6. The van der Waals surface area contributed by atoms with Crippen molar-refractivity contribution in [1.82, 2.24) is 0 Å². The smallest absolute Gasteiger partial charge is 0.117 e. The highest BCUT2D eigenvalue weighted by Crippen LogP contribution is 2.78. The highest BCUT2D eigenvalue weighted by atomic mass is 15.3. The van der Waals surface area contributed by atoms with Gasteiger partial charge in [-0.05, 0) is 118 Å². The van der Waals surface area contributed by atoms with Gasteiger partial charge in [-0.25, -0.2) is 0 Å². The van der Waals surface area contributed by atoms with Crippen molar-refractivity contribution >= 4 is 0 Å². The Morgan fingerprint density at radius 2 is 0.750 bits per heavy atom. The number of azo groups is 1. The summed E-state index contributed by atoms with van der Waals surface area (Å²) in [6.07, 6.45) is 11.5. The van der Waals surface area contributed by atoms with Gasteiger partial charge in [0.05, 0.1) is 0 Å². The number of nitrogens with zero attached hydrogens (tertiary/aromatic N) is 2. The summed E-state index contributed by atoms with van der Waals surface area (Å²) in [5.74, 6) is 10.1. The van der Waals surface area contributed by atoms with Crippen LogP contribution in [0.1, 0.15) is 133 Å².